The number of carbonyl (C=O) groups is 1. The Labute approximate surface area is 145 Å². The van der Waals surface area contributed by atoms with Crippen LogP contribution in [-0.4, -0.2) is 21.2 Å². The maximum atomic E-state index is 12.2. The number of rotatable bonds is 4. The minimum absolute atomic E-state index is 0.125. The van der Waals surface area contributed by atoms with E-state index in [4.69, 9.17) is 27.8 Å². The van der Waals surface area contributed by atoms with Gasteiger partial charge in [-0.15, -0.1) is 11.3 Å². The third-order valence-corrected chi connectivity index (χ3v) is 4.62. The second-order valence-corrected chi connectivity index (χ2v) is 6.40. The van der Waals surface area contributed by atoms with Gasteiger partial charge in [-0.3, -0.25) is 4.79 Å². The summed E-state index contributed by atoms with van der Waals surface area (Å²) < 4.78 is 4.71. The maximum absolute atomic E-state index is 12.2. The Morgan fingerprint density at radius 1 is 1.30 bits per heavy atom. The van der Waals surface area contributed by atoms with Gasteiger partial charge in [-0.05, 0) is 34.9 Å². The van der Waals surface area contributed by atoms with Crippen molar-refractivity contribution < 1.29 is 9.42 Å². The summed E-state index contributed by atoms with van der Waals surface area (Å²) in [4.78, 5) is 16.5. The van der Waals surface area contributed by atoms with E-state index >= 15 is 0 Å². The van der Waals surface area contributed by atoms with Gasteiger partial charge in [-0.1, -0.05) is 29.3 Å². The Morgan fingerprint density at radius 2 is 2.13 bits per heavy atom. The highest BCUT2D eigenvalue weighted by atomic mass is 35.5. The van der Waals surface area contributed by atoms with Gasteiger partial charge in [-0.2, -0.15) is 0 Å². The van der Waals surface area contributed by atoms with Crippen LogP contribution in [0.15, 0.2) is 28.2 Å². The first-order valence-corrected chi connectivity index (χ1v) is 8.15. The average Bonchev–Trinajstić information content (AvgIpc) is 3.11. The number of nitrogens with zero attached hydrogens (tertiary/aromatic N) is 3. The molecule has 6 nitrogen and oxygen atoms in total. The average molecular weight is 369 g/mol. The molecule has 1 aromatic carbocycles. The molecule has 0 bridgehead atoms. The Morgan fingerprint density at radius 3 is 2.83 bits per heavy atom. The zero-order chi connectivity index (χ0) is 16.4. The van der Waals surface area contributed by atoms with Gasteiger partial charge in [0.1, 0.15) is 5.01 Å². The SMILES string of the molecule is Cc1csc(-c2nonc2NC(=O)Cc2ccc(Cl)c(Cl)c2)n1. The number of aromatic nitrogens is 3. The number of aryl methyl sites for hydroxylation is 1. The molecule has 1 N–H and O–H groups in total. The van der Waals surface area contributed by atoms with Crippen molar-refractivity contribution in [2.75, 3.05) is 5.32 Å². The van der Waals surface area contributed by atoms with E-state index in [9.17, 15) is 4.79 Å². The Hall–Kier alpha value is -1.96. The van der Waals surface area contributed by atoms with E-state index in [-0.39, 0.29) is 18.1 Å². The normalized spacial score (nSPS) is 10.7. The van der Waals surface area contributed by atoms with Crippen LogP contribution in [-0.2, 0) is 11.2 Å². The van der Waals surface area contributed by atoms with Gasteiger partial charge in [0.25, 0.3) is 0 Å². The molecule has 0 aliphatic rings. The molecule has 3 aromatic rings. The summed E-state index contributed by atoms with van der Waals surface area (Å²) in [6, 6.07) is 5.03. The van der Waals surface area contributed by atoms with Gasteiger partial charge in [0.2, 0.25) is 11.7 Å². The number of amides is 1. The number of thiazole rings is 1. The Bertz CT molecular complexity index is 862. The zero-order valence-electron chi connectivity index (χ0n) is 11.8. The van der Waals surface area contributed by atoms with E-state index < -0.39 is 0 Å². The van der Waals surface area contributed by atoms with Gasteiger partial charge in [0.15, 0.2) is 5.69 Å². The predicted molar refractivity (Wildman–Crippen MR) is 88.9 cm³/mol. The number of hydrogen-bond acceptors (Lipinski definition) is 6. The molecule has 2 aromatic heterocycles. The molecule has 0 radical (unpaired) electrons. The minimum Gasteiger partial charge on any atom is -0.306 e. The highest BCUT2D eigenvalue weighted by Gasteiger charge is 2.18. The summed E-state index contributed by atoms with van der Waals surface area (Å²) in [7, 11) is 0. The molecule has 0 aliphatic heterocycles. The first-order chi connectivity index (χ1) is 11.0. The molecule has 3 rings (SSSR count). The van der Waals surface area contributed by atoms with Crippen molar-refractivity contribution in [3.63, 3.8) is 0 Å². The Balaban J connectivity index is 1.73. The van der Waals surface area contributed by atoms with E-state index in [1.807, 2.05) is 12.3 Å². The summed E-state index contributed by atoms with van der Waals surface area (Å²) in [5.74, 6) is -0.0296. The maximum Gasteiger partial charge on any atom is 0.230 e. The van der Waals surface area contributed by atoms with E-state index in [0.29, 0.717) is 20.7 Å². The van der Waals surface area contributed by atoms with Crippen molar-refractivity contribution in [3.8, 4) is 10.7 Å². The molecular formula is C14H10Cl2N4O2S. The molecule has 0 atom stereocenters. The van der Waals surface area contributed by atoms with Crippen molar-refractivity contribution in [3.05, 3.63) is 44.9 Å². The lowest BCUT2D eigenvalue weighted by Crippen LogP contribution is -2.15. The topological polar surface area (TPSA) is 80.9 Å². The molecule has 0 spiro atoms. The van der Waals surface area contributed by atoms with Crippen LogP contribution in [0.5, 0.6) is 0 Å². The quantitative estimate of drug-likeness (QED) is 0.752. The van der Waals surface area contributed by atoms with Gasteiger partial charge < -0.3 is 5.32 Å². The molecule has 118 valence electrons. The van der Waals surface area contributed by atoms with Crippen molar-refractivity contribution in [2.24, 2.45) is 0 Å². The smallest absolute Gasteiger partial charge is 0.230 e. The highest BCUT2D eigenvalue weighted by molar-refractivity contribution is 7.13. The number of hydrogen-bond donors (Lipinski definition) is 1. The summed E-state index contributed by atoms with van der Waals surface area (Å²) in [5, 5.41) is 13.5. The second kappa shape index (κ2) is 6.66. The van der Waals surface area contributed by atoms with Crippen LogP contribution in [0.4, 0.5) is 5.82 Å². The summed E-state index contributed by atoms with van der Waals surface area (Å²) in [6.45, 7) is 1.87. The van der Waals surface area contributed by atoms with Crippen LogP contribution >= 0.6 is 34.5 Å². The van der Waals surface area contributed by atoms with E-state index in [0.717, 1.165) is 11.3 Å². The van der Waals surface area contributed by atoms with Crippen LogP contribution in [0.1, 0.15) is 11.3 Å². The molecular weight excluding hydrogens is 359 g/mol. The Kier molecular flexibility index (Phi) is 4.61. The van der Waals surface area contributed by atoms with Crippen molar-refractivity contribution >= 4 is 46.3 Å². The summed E-state index contributed by atoms with van der Waals surface area (Å²) >= 11 is 13.2. The summed E-state index contributed by atoms with van der Waals surface area (Å²) in [5.41, 5.74) is 2.01. The molecule has 2 heterocycles. The van der Waals surface area contributed by atoms with Crippen molar-refractivity contribution in [1.82, 2.24) is 15.3 Å². The van der Waals surface area contributed by atoms with Gasteiger partial charge >= 0.3 is 0 Å². The molecule has 0 unspecified atom stereocenters. The fourth-order valence-electron chi connectivity index (χ4n) is 1.88. The molecule has 9 heteroatoms. The molecule has 0 saturated carbocycles. The number of halogens is 2. The number of benzene rings is 1. The first kappa shape index (κ1) is 15.9. The van der Waals surface area contributed by atoms with Crippen LogP contribution in [0.25, 0.3) is 10.7 Å². The molecule has 0 fully saturated rings. The highest BCUT2D eigenvalue weighted by Crippen LogP contribution is 2.27. The van der Waals surface area contributed by atoms with Crippen LogP contribution < -0.4 is 5.32 Å². The van der Waals surface area contributed by atoms with E-state index in [1.54, 1.807) is 18.2 Å². The first-order valence-electron chi connectivity index (χ1n) is 6.52. The number of nitrogens with one attached hydrogen (secondary N) is 1. The van der Waals surface area contributed by atoms with Crippen molar-refractivity contribution in [2.45, 2.75) is 13.3 Å². The van der Waals surface area contributed by atoms with Crippen LogP contribution in [0.2, 0.25) is 10.0 Å². The van der Waals surface area contributed by atoms with Gasteiger partial charge in [0, 0.05) is 11.1 Å². The predicted octanol–water partition coefficient (Wildman–Crippen LogP) is 3.99. The minimum atomic E-state index is -0.270. The van der Waals surface area contributed by atoms with Crippen LogP contribution in [0, 0.1) is 6.92 Å². The van der Waals surface area contributed by atoms with Crippen LogP contribution in [0.3, 0.4) is 0 Å². The number of carbonyl (C=O) groups excluding carboxylic acids is 1. The lowest BCUT2D eigenvalue weighted by Gasteiger charge is -2.04. The molecule has 1 amide bonds. The zero-order valence-corrected chi connectivity index (χ0v) is 14.2. The van der Waals surface area contributed by atoms with Gasteiger partial charge in [-0.25, -0.2) is 9.61 Å². The van der Waals surface area contributed by atoms with Gasteiger partial charge in [0.05, 0.1) is 16.5 Å². The van der Waals surface area contributed by atoms with E-state index in [2.05, 4.69) is 20.6 Å². The fraction of sp³-hybridized carbons (Fsp3) is 0.143. The number of anilines is 1. The largest absolute Gasteiger partial charge is 0.306 e. The standard InChI is InChI=1S/C14H10Cl2N4O2S/c1-7-6-23-14(17-7)12-13(20-22-19-12)18-11(21)5-8-2-3-9(15)10(16)4-8/h2-4,6H,5H2,1H3,(H,18,20,21). The van der Waals surface area contributed by atoms with Crippen molar-refractivity contribution in [1.29, 1.82) is 0 Å². The third-order valence-electron chi connectivity index (χ3n) is 2.92. The third kappa shape index (κ3) is 3.69. The molecule has 0 aliphatic carbocycles. The molecule has 0 saturated heterocycles. The monoisotopic (exact) mass is 368 g/mol. The fourth-order valence-corrected chi connectivity index (χ4v) is 2.98. The second-order valence-electron chi connectivity index (χ2n) is 4.73. The van der Waals surface area contributed by atoms with E-state index in [1.165, 1.54) is 11.3 Å². The lowest BCUT2D eigenvalue weighted by molar-refractivity contribution is -0.115. The lowest BCUT2D eigenvalue weighted by atomic mass is 10.1. The summed E-state index contributed by atoms with van der Waals surface area (Å²) in [6.07, 6.45) is 0.125. The molecule has 23 heavy (non-hydrogen) atoms.